The predicted molar refractivity (Wildman–Crippen MR) is 107 cm³/mol. The van der Waals surface area contributed by atoms with Crippen molar-refractivity contribution in [3.05, 3.63) is 40.5 Å². The number of hydrogen-bond acceptors (Lipinski definition) is 10. The number of nitrogens with zero attached hydrogens (tertiary/aromatic N) is 5. The number of benzene rings is 1. The zero-order chi connectivity index (χ0) is 19.7. The molecule has 5 N–H and O–H groups in total. The summed E-state index contributed by atoms with van der Waals surface area (Å²) < 4.78 is 27.3. The van der Waals surface area contributed by atoms with Gasteiger partial charge in [0.1, 0.15) is 5.52 Å². The summed E-state index contributed by atoms with van der Waals surface area (Å²) in [6.45, 7) is 0. The third kappa shape index (κ3) is 3.73. The first-order chi connectivity index (χ1) is 13.4. The number of nitrogens with two attached hydrogens (primary N) is 1. The van der Waals surface area contributed by atoms with Gasteiger partial charge in [-0.25, -0.2) is 18.4 Å². The van der Waals surface area contributed by atoms with Gasteiger partial charge in [-0.1, -0.05) is 12.2 Å². The quantitative estimate of drug-likeness (QED) is 0.277. The van der Waals surface area contributed by atoms with Gasteiger partial charge in [0, 0.05) is 11.6 Å². The smallest absolute Gasteiger partial charge is 0.263 e. The zero-order valence-electron chi connectivity index (χ0n) is 13.8. The van der Waals surface area contributed by atoms with E-state index in [1.807, 2.05) is 0 Å². The predicted octanol–water partition coefficient (Wildman–Crippen LogP) is 3.27. The van der Waals surface area contributed by atoms with Crippen LogP contribution in [-0.4, -0.2) is 33.3 Å². The topological polar surface area (TPSA) is 167 Å². The number of hydrogen-bond donors (Lipinski definition) is 4. The van der Waals surface area contributed by atoms with Crippen molar-refractivity contribution in [2.45, 2.75) is 4.90 Å². The van der Waals surface area contributed by atoms with Crippen LogP contribution < -0.4 is 10.5 Å². The Labute approximate surface area is 166 Å². The summed E-state index contributed by atoms with van der Waals surface area (Å²) in [4.78, 5) is 17.7. The van der Waals surface area contributed by atoms with Crippen molar-refractivity contribution < 1.29 is 8.42 Å². The Hall–Kier alpha value is -3.23. The zero-order valence-corrected chi connectivity index (χ0v) is 16.3. The molecule has 0 saturated heterocycles. The van der Waals surface area contributed by atoms with Gasteiger partial charge in [-0.3, -0.25) is 4.72 Å². The second kappa shape index (κ2) is 7.06. The number of fused-ring (bicyclic) bond motifs is 1. The van der Waals surface area contributed by atoms with Crippen LogP contribution in [0.5, 0.6) is 0 Å². The van der Waals surface area contributed by atoms with Crippen LogP contribution in [0.1, 0.15) is 0 Å². The second-order valence-corrected chi connectivity index (χ2v) is 8.31. The van der Waals surface area contributed by atoms with Gasteiger partial charge in [-0.05, 0) is 24.3 Å². The normalized spacial score (nSPS) is 12.0. The number of aromatic amines is 2. The molecule has 11 nitrogen and oxygen atoms in total. The molecule has 142 valence electrons. The summed E-state index contributed by atoms with van der Waals surface area (Å²) in [5, 5.41) is 9.99. The van der Waals surface area contributed by atoms with E-state index in [2.05, 4.69) is 39.9 Å². The minimum absolute atomic E-state index is 0.0808. The largest absolute Gasteiger partial charge is 0.369 e. The number of rotatable bonds is 5. The Morgan fingerprint density at radius 1 is 1.14 bits per heavy atom. The van der Waals surface area contributed by atoms with E-state index in [1.54, 1.807) is 5.38 Å². The molecule has 0 aliphatic heterocycles. The molecule has 0 unspecified atom stereocenters. The highest BCUT2D eigenvalue weighted by atomic mass is 32.2. The van der Waals surface area contributed by atoms with Gasteiger partial charge in [-0.2, -0.15) is 4.98 Å². The van der Waals surface area contributed by atoms with Crippen molar-refractivity contribution in [3.63, 3.8) is 0 Å². The fraction of sp³-hybridized carbons (Fsp3) is 0. The van der Waals surface area contributed by atoms with Crippen molar-refractivity contribution >= 4 is 67.5 Å². The van der Waals surface area contributed by atoms with E-state index < -0.39 is 10.0 Å². The van der Waals surface area contributed by atoms with Gasteiger partial charge in [0.15, 0.2) is 15.4 Å². The maximum atomic E-state index is 12.3. The van der Waals surface area contributed by atoms with Crippen LogP contribution in [0.25, 0.3) is 11.2 Å². The number of imidazole rings is 1. The maximum absolute atomic E-state index is 12.3. The van der Waals surface area contributed by atoms with Gasteiger partial charge in [-0.15, -0.1) is 21.6 Å². The minimum atomic E-state index is -3.72. The van der Waals surface area contributed by atoms with Crippen LogP contribution in [0.15, 0.2) is 51.0 Å². The highest BCUT2D eigenvalue weighted by Gasteiger charge is 2.15. The Balaban J connectivity index is 1.54. The SMILES string of the molecule is Nc1nc(=S)c2[nH]c(N=Nc3ccc(S(=O)(=O)Nc4nccs4)cc3)nc2[nH]1. The summed E-state index contributed by atoms with van der Waals surface area (Å²) in [5.41, 5.74) is 6.94. The van der Waals surface area contributed by atoms with Gasteiger partial charge < -0.3 is 15.7 Å². The average Bonchev–Trinajstić information content (AvgIpc) is 3.29. The number of H-pyrrole nitrogens is 2. The minimum Gasteiger partial charge on any atom is -0.369 e. The molecule has 0 bridgehead atoms. The Morgan fingerprint density at radius 3 is 2.64 bits per heavy atom. The van der Waals surface area contributed by atoms with Crippen molar-refractivity contribution in [1.82, 2.24) is 24.9 Å². The van der Waals surface area contributed by atoms with Crippen molar-refractivity contribution in [2.24, 2.45) is 10.2 Å². The average molecular weight is 434 g/mol. The molecule has 28 heavy (non-hydrogen) atoms. The molecule has 0 atom stereocenters. The molecule has 3 aromatic heterocycles. The molecule has 0 fully saturated rings. The number of nitrogens with one attached hydrogen (secondary N) is 3. The third-order valence-electron chi connectivity index (χ3n) is 3.43. The Kier molecular flexibility index (Phi) is 4.58. The van der Waals surface area contributed by atoms with Gasteiger partial charge >= 0.3 is 0 Å². The number of aromatic nitrogens is 5. The molecular formula is C14H11N9O2S3. The summed E-state index contributed by atoms with van der Waals surface area (Å²) in [5.74, 6) is 0.350. The second-order valence-electron chi connectivity index (χ2n) is 5.35. The first-order valence-electron chi connectivity index (χ1n) is 7.60. The van der Waals surface area contributed by atoms with Gasteiger partial charge in [0.2, 0.25) is 11.9 Å². The Morgan fingerprint density at radius 2 is 1.93 bits per heavy atom. The van der Waals surface area contributed by atoms with Crippen LogP contribution in [0.4, 0.5) is 22.7 Å². The van der Waals surface area contributed by atoms with Crippen molar-refractivity contribution in [1.29, 1.82) is 0 Å². The van der Waals surface area contributed by atoms with E-state index in [1.165, 1.54) is 41.8 Å². The molecule has 0 aliphatic rings. The molecule has 0 aliphatic carbocycles. The molecule has 4 aromatic rings. The maximum Gasteiger partial charge on any atom is 0.263 e. The molecular weight excluding hydrogens is 422 g/mol. The van der Waals surface area contributed by atoms with Crippen LogP contribution in [0, 0.1) is 4.64 Å². The molecule has 1 aromatic carbocycles. The van der Waals surface area contributed by atoms with Crippen LogP contribution in [0.2, 0.25) is 0 Å². The lowest BCUT2D eigenvalue weighted by atomic mass is 10.3. The lowest BCUT2D eigenvalue weighted by molar-refractivity contribution is 0.601. The summed E-state index contributed by atoms with van der Waals surface area (Å²) >= 11 is 6.29. The third-order valence-corrected chi connectivity index (χ3v) is 5.90. The van der Waals surface area contributed by atoms with Gasteiger partial charge in [0.25, 0.3) is 10.0 Å². The van der Waals surface area contributed by atoms with E-state index in [0.717, 1.165) is 0 Å². The fourth-order valence-electron chi connectivity index (χ4n) is 2.21. The van der Waals surface area contributed by atoms with E-state index in [4.69, 9.17) is 18.0 Å². The fourth-order valence-corrected chi connectivity index (χ4v) is 4.25. The first kappa shape index (κ1) is 18.1. The molecule has 0 radical (unpaired) electrons. The van der Waals surface area contributed by atoms with E-state index >= 15 is 0 Å². The molecule has 0 saturated carbocycles. The van der Waals surface area contributed by atoms with Crippen LogP contribution in [0.3, 0.4) is 0 Å². The summed E-state index contributed by atoms with van der Waals surface area (Å²) in [7, 11) is -3.72. The number of thiazole rings is 1. The van der Waals surface area contributed by atoms with Crippen LogP contribution in [-0.2, 0) is 10.0 Å². The lowest BCUT2D eigenvalue weighted by Gasteiger charge is -2.04. The number of azo groups is 1. The molecule has 0 amide bonds. The van der Waals surface area contributed by atoms with Gasteiger partial charge in [0.05, 0.1) is 10.6 Å². The highest BCUT2D eigenvalue weighted by molar-refractivity contribution is 7.93. The monoisotopic (exact) mass is 433 g/mol. The molecule has 14 heteroatoms. The number of anilines is 2. The van der Waals surface area contributed by atoms with E-state index in [0.29, 0.717) is 22.0 Å². The van der Waals surface area contributed by atoms with Crippen LogP contribution >= 0.6 is 23.6 Å². The van der Waals surface area contributed by atoms with E-state index in [9.17, 15) is 8.42 Å². The summed E-state index contributed by atoms with van der Waals surface area (Å²) in [6, 6.07) is 5.88. The molecule has 4 rings (SSSR count). The van der Waals surface area contributed by atoms with Crippen molar-refractivity contribution in [3.8, 4) is 0 Å². The Bertz CT molecular complexity index is 1320. The summed E-state index contributed by atoms with van der Waals surface area (Å²) in [6.07, 6.45) is 1.52. The standard InChI is InChI=1S/C14H11N9O2S3/c15-12-18-10-9(11(26)20-12)17-13(19-10)22-21-7-1-3-8(4-2-7)28(24,25)23-14-16-5-6-27-14/h1-6H,(H,16,23)(H4,15,17,18,19,20,26). The van der Waals surface area contributed by atoms with Crippen molar-refractivity contribution in [2.75, 3.05) is 10.5 Å². The molecule has 0 spiro atoms. The first-order valence-corrected chi connectivity index (χ1v) is 10.4. The number of nitrogen functional groups attached to an aromatic ring is 1. The van der Waals surface area contributed by atoms with E-state index in [-0.39, 0.29) is 21.4 Å². The lowest BCUT2D eigenvalue weighted by Crippen LogP contribution is -2.12. The highest BCUT2D eigenvalue weighted by Crippen LogP contribution is 2.22. The number of sulfonamides is 1. The molecule has 3 heterocycles.